The van der Waals surface area contributed by atoms with Crippen molar-refractivity contribution in [2.24, 2.45) is 0 Å². The van der Waals surface area contributed by atoms with Crippen LogP contribution in [-0.2, 0) is 21.4 Å². The third-order valence-electron chi connectivity index (χ3n) is 3.15. The highest BCUT2D eigenvalue weighted by Gasteiger charge is 2.28. The standard InChI is InChI=1S/C16H13NO4S/c18-16-10-15(22(19,20)17-16)13-7-4-8-14(9-13)21-11-12-5-2-1-3-6-12/h1-10H,11H2,(H,17,18). The Morgan fingerprint density at radius 2 is 1.77 bits per heavy atom. The lowest BCUT2D eigenvalue weighted by atomic mass is 10.2. The Hall–Kier alpha value is -2.60. The summed E-state index contributed by atoms with van der Waals surface area (Å²) in [6.07, 6.45) is 1.08. The van der Waals surface area contributed by atoms with Crippen molar-refractivity contribution in [3.63, 3.8) is 0 Å². The van der Waals surface area contributed by atoms with Gasteiger partial charge in [-0.2, -0.15) is 0 Å². The number of hydrogen-bond donors (Lipinski definition) is 1. The average Bonchev–Trinajstić information content (AvgIpc) is 2.79. The SMILES string of the molecule is O=C1C=C(c2cccc(OCc3ccccc3)c2)S(=O)(=O)N1. The summed E-state index contributed by atoms with van der Waals surface area (Å²) >= 11 is 0. The molecule has 2 aromatic carbocycles. The molecule has 0 unspecified atom stereocenters. The van der Waals surface area contributed by atoms with E-state index < -0.39 is 15.9 Å². The number of carbonyl (C=O) groups is 1. The van der Waals surface area contributed by atoms with Crippen molar-refractivity contribution in [1.29, 1.82) is 0 Å². The second-order valence-corrected chi connectivity index (χ2v) is 6.43. The first-order chi connectivity index (χ1) is 10.5. The average molecular weight is 315 g/mol. The van der Waals surface area contributed by atoms with Gasteiger partial charge in [-0.1, -0.05) is 42.5 Å². The topological polar surface area (TPSA) is 72.5 Å². The maximum atomic E-state index is 11.8. The molecule has 1 N–H and O–H groups in total. The summed E-state index contributed by atoms with van der Waals surface area (Å²) in [4.78, 5) is 11.2. The summed E-state index contributed by atoms with van der Waals surface area (Å²) in [6.45, 7) is 0.382. The van der Waals surface area contributed by atoms with Crippen molar-refractivity contribution in [2.75, 3.05) is 0 Å². The highest BCUT2D eigenvalue weighted by Crippen LogP contribution is 2.27. The third kappa shape index (κ3) is 3.01. The number of sulfonamides is 1. The van der Waals surface area contributed by atoms with Gasteiger partial charge in [0.1, 0.15) is 17.3 Å². The Labute approximate surface area is 128 Å². The molecule has 1 heterocycles. The molecule has 1 amide bonds. The van der Waals surface area contributed by atoms with E-state index in [4.69, 9.17) is 4.74 Å². The van der Waals surface area contributed by atoms with E-state index in [1.807, 2.05) is 35.1 Å². The van der Waals surface area contributed by atoms with E-state index in [1.54, 1.807) is 24.3 Å². The van der Waals surface area contributed by atoms with Gasteiger partial charge in [0.05, 0.1) is 0 Å². The van der Waals surface area contributed by atoms with Gasteiger partial charge in [0, 0.05) is 6.08 Å². The molecule has 0 spiro atoms. The quantitative estimate of drug-likeness (QED) is 0.937. The lowest BCUT2D eigenvalue weighted by Crippen LogP contribution is -2.22. The summed E-state index contributed by atoms with van der Waals surface area (Å²) in [5.74, 6) is -0.0950. The number of nitrogens with one attached hydrogen (secondary N) is 1. The predicted molar refractivity (Wildman–Crippen MR) is 82.3 cm³/mol. The maximum Gasteiger partial charge on any atom is 0.265 e. The lowest BCUT2D eigenvalue weighted by molar-refractivity contribution is -0.114. The van der Waals surface area contributed by atoms with Crippen molar-refractivity contribution in [1.82, 2.24) is 4.72 Å². The molecule has 0 saturated carbocycles. The molecule has 1 aliphatic heterocycles. The predicted octanol–water partition coefficient (Wildman–Crippen LogP) is 2.07. The fourth-order valence-corrected chi connectivity index (χ4v) is 3.27. The Morgan fingerprint density at radius 1 is 1.00 bits per heavy atom. The fraction of sp³-hybridized carbons (Fsp3) is 0.0625. The smallest absolute Gasteiger partial charge is 0.265 e. The van der Waals surface area contributed by atoms with Gasteiger partial charge in [-0.15, -0.1) is 0 Å². The van der Waals surface area contributed by atoms with Crippen LogP contribution in [-0.4, -0.2) is 14.3 Å². The second kappa shape index (κ2) is 5.65. The zero-order valence-electron chi connectivity index (χ0n) is 11.5. The molecular formula is C16H13NO4S. The van der Waals surface area contributed by atoms with Gasteiger partial charge in [0.2, 0.25) is 0 Å². The van der Waals surface area contributed by atoms with E-state index in [9.17, 15) is 13.2 Å². The number of carbonyl (C=O) groups excluding carboxylic acids is 1. The zero-order valence-corrected chi connectivity index (χ0v) is 12.3. The van der Waals surface area contributed by atoms with Gasteiger partial charge in [-0.05, 0) is 23.3 Å². The Morgan fingerprint density at radius 3 is 2.45 bits per heavy atom. The molecule has 2 aromatic rings. The first-order valence-corrected chi connectivity index (χ1v) is 8.08. The van der Waals surface area contributed by atoms with Crippen LogP contribution in [0.1, 0.15) is 11.1 Å². The van der Waals surface area contributed by atoms with Crippen LogP contribution in [0.4, 0.5) is 0 Å². The van der Waals surface area contributed by atoms with Crippen LogP contribution >= 0.6 is 0 Å². The Kier molecular flexibility index (Phi) is 3.68. The number of amides is 1. The highest BCUT2D eigenvalue weighted by molar-refractivity contribution is 7.99. The Balaban J connectivity index is 1.82. The summed E-state index contributed by atoms with van der Waals surface area (Å²) in [5, 5.41) is 0. The molecule has 0 radical (unpaired) electrons. The number of hydrogen-bond acceptors (Lipinski definition) is 4. The number of ether oxygens (including phenoxy) is 1. The summed E-state index contributed by atoms with van der Waals surface area (Å²) < 4.78 is 31.2. The third-order valence-corrected chi connectivity index (χ3v) is 4.56. The second-order valence-electron chi connectivity index (χ2n) is 4.78. The van der Waals surface area contributed by atoms with Crippen LogP contribution in [0, 0.1) is 0 Å². The van der Waals surface area contributed by atoms with Crippen molar-refractivity contribution in [2.45, 2.75) is 6.61 Å². The van der Waals surface area contributed by atoms with Gasteiger partial charge in [0.25, 0.3) is 15.9 Å². The van der Waals surface area contributed by atoms with E-state index >= 15 is 0 Å². The molecular weight excluding hydrogens is 302 g/mol. The molecule has 3 rings (SSSR count). The molecule has 0 fully saturated rings. The van der Waals surface area contributed by atoms with Gasteiger partial charge in [0.15, 0.2) is 0 Å². The highest BCUT2D eigenvalue weighted by atomic mass is 32.2. The van der Waals surface area contributed by atoms with Gasteiger partial charge in [-0.3, -0.25) is 4.79 Å². The van der Waals surface area contributed by atoms with Crippen LogP contribution < -0.4 is 9.46 Å². The minimum absolute atomic E-state index is 0.0392. The lowest BCUT2D eigenvalue weighted by Gasteiger charge is -2.08. The zero-order chi connectivity index (χ0) is 15.6. The van der Waals surface area contributed by atoms with Crippen LogP contribution in [0.15, 0.2) is 60.7 Å². The normalized spacial score (nSPS) is 16.0. The minimum Gasteiger partial charge on any atom is -0.489 e. The van der Waals surface area contributed by atoms with Crippen LogP contribution in [0.25, 0.3) is 4.91 Å². The molecule has 0 atom stereocenters. The molecule has 22 heavy (non-hydrogen) atoms. The molecule has 112 valence electrons. The first-order valence-electron chi connectivity index (χ1n) is 6.60. The van der Waals surface area contributed by atoms with E-state index in [0.29, 0.717) is 17.9 Å². The number of benzene rings is 2. The van der Waals surface area contributed by atoms with Crippen molar-refractivity contribution < 1.29 is 17.9 Å². The first kappa shape index (κ1) is 14.3. The van der Waals surface area contributed by atoms with Gasteiger partial charge < -0.3 is 4.74 Å². The van der Waals surface area contributed by atoms with E-state index in [1.165, 1.54) is 0 Å². The molecule has 0 saturated heterocycles. The Bertz CT molecular complexity index is 841. The molecule has 5 nitrogen and oxygen atoms in total. The monoisotopic (exact) mass is 315 g/mol. The van der Waals surface area contributed by atoms with Crippen molar-refractivity contribution >= 4 is 20.8 Å². The van der Waals surface area contributed by atoms with E-state index in [-0.39, 0.29) is 4.91 Å². The van der Waals surface area contributed by atoms with Crippen LogP contribution in [0.5, 0.6) is 5.75 Å². The maximum absolute atomic E-state index is 11.8. The molecule has 0 aliphatic carbocycles. The largest absolute Gasteiger partial charge is 0.489 e. The summed E-state index contributed by atoms with van der Waals surface area (Å²) in [7, 11) is -3.77. The molecule has 6 heteroatoms. The van der Waals surface area contributed by atoms with Gasteiger partial charge in [-0.25, -0.2) is 13.1 Å². The van der Waals surface area contributed by atoms with Crippen LogP contribution in [0.2, 0.25) is 0 Å². The summed E-state index contributed by atoms with van der Waals surface area (Å²) in [5.41, 5.74) is 1.43. The van der Waals surface area contributed by atoms with E-state index in [2.05, 4.69) is 0 Å². The van der Waals surface area contributed by atoms with Crippen molar-refractivity contribution in [3.8, 4) is 5.75 Å². The van der Waals surface area contributed by atoms with Gasteiger partial charge >= 0.3 is 0 Å². The number of rotatable bonds is 4. The van der Waals surface area contributed by atoms with Crippen molar-refractivity contribution in [3.05, 3.63) is 71.8 Å². The molecule has 0 bridgehead atoms. The minimum atomic E-state index is -3.77. The van der Waals surface area contributed by atoms with Crippen LogP contribution in [0.3, 0.4) is 0 Å². The summed E-state index contributed by atoms with van der Waals surface area (Å²) in [6, 6.07) is 16.3. The fourth-order valence-electron chi connectivity index (χ4n) is 2.13. The van der Waals surface area contributed by atoms with E-state index in [0.717, 1.165) is 11.6 Å². The molecule has 0 aromatic heterocycles. The molecule has 1 aliphatic rings.